The summed E-state index contributed by atoms with van der Waals surface area (Å²) < 4.78 is 0. The van der Waals surface area contributed by atoms with Gasteiger partial charge in [0.1, 0.15) is 0 Å². The van der Waals surface area contributed by atoms with E-state index in [0.29, 0.717) is 0 Å². The molecule has 0 heterocycles. The molecule has 3 aromatic carbocycles. The van der Waals surface area contributed by atoms with Gasteiger partial charge in [0, 0.05) is 0 Å². The summed E-state index contributed by atoms with van der Waals surface area (Å²) in [6.07, 6.45) is 21.7. The summed E-state index contributed by atoms with van der Waals surface area (Å²) in [5.41, 5.74) is 5.88. The van der Waals surface area contributed by atoms with Gasteiger partial charge in [-0.2, -0.15) is 6.08 Å². The molecule has 1 aliphatic carbocycles. The zero-order valence-corrected chi connectivity index (χ0v) is 32.2. The van der Waals surface area contributed by atoms with E-state index < -0.39 is 8.07 Å². The summed E-state index contributed by atoms with van der Waals surface area (Å²) in [7, 11) is -2.48. The predicted molar refractivity (Wildman–Crippen MR) is 179 cm³/mol. The first kappa shape index (κ1) is 42.9. The normalized spacial score (nSPS) is 12.2. The van der Waals surface area contributed by atoms with Gasteiger partial charge in [0.15, 0.2) is 0 Å². The van der Waals surface area contributed by atoms with E-state index in [9.17, 15) is 0 Å². The number of unbranched alkanes of at least 4 members (excludes halogenated alkanes) is 4. The van der Waals surface area contributed by atoms with Crippen LogP contribution in [0.1, 0.15) is 109 Å². The van der Waals surface area contributed by atoms with Crippen LogP contribution in [0.2, 0.25) is 0 Å². The maximum Gasteiger partial charge on any atom is 4.00 e. The summed E-state index contributed by atoms with van der Waals surface area (Å²) in [4.78, 5) is 0. The number of halogens is 3. The molecule has 0 atom stereocenters. The van der Waals surface area contributed by atoms with Crippen LogP contribution < -0.4 is 52.8 Å². The number of benzene rings is 3. The van der Waals surface area contributed by atoms with Crippen LogP contribution in [-0.2, 0) is 41.0 Å². The molecule has 0 fully saturated rings. The molecular weight excluding hydrogens is 651 g/mol. The third-order valence-electron chi connectivity index (χ3n) is 8.80. The van der Waals surface area contributed by atoms with Crippen LogP contribution in [0.3, 0.4) is 0 Å². The first-order valence-corrected chi connectivity index (χ1v) is 18.3. The zero-order chi connectivity index (χ0) is 28.2. The third kappa shape index (κ3) is 10.5. The fourth-order valence-corrected chi connectivity index (χ4v) is 11.5. The molecule has 0 saturated heterocycles. The van der Waals surface area contributed by atoms with Crippen molar-refractivity contribution in [1.82, 2.24) is 0 Å². The molecule has 0 nitrogen and oxygen atoms in total. The second-order valence-electron chi connectivity index (χ2n) is 11.8. The summed E-state index contributed by atoms with van der Waals surface area (Å²) in [5.74, 6) is 0. The minimum Gasteiger partial charge on any atom is -1.00 e. The average Bonchev–Trinajstić information content (AvgIpc) is 3.47. The minimum atomic E-state index is -2.48. The Balaban J connectivity index is 0.00000462. The van der Waals surface area contributed by atoms with Gasteiger partial charge in [0.05, 0.1) is 8.07 Å². The topological polar surface area (TPSA) is 0 Å². The standard InChI is InChI=1S/C39H51Si.3ClH.Ti/c1-5-9-14-32-20-26-36(27-21-32)40(39-19-13-18-35(39)17-12-8-4,37-28-22-33(23-29-37)15-10-6-2)38-30-24-34(25-31-38)16-11-7-3;;;;/h13,20-31H,5-12,14-17,19H2,1-4H3;3*1H;/q-1;;;;+4/p-3. The van der Waals surface area contributed by atoms with Crippen molar-refractivity contribution in [2.75, 3.05) is 0 Å². The van der Waals surface area contributed by atoms with E-state index in [1.165, 1.54) is 108 Å². The maximum atomic E-state index is 3.76. The molecule has 236 valence electrons. The molecule has 0 unspecified atom stereocenters. The second kappa shape index (κ2) is 22.5. The molecule has 4 rings (SSSR count). The van der Waals surface area contributed by atoms with Gasteiger partial charge in [-0.25, -0.2) is 10.8 Å². The fourth-order valence-electron chi connectivity index (χ4n) is 6.37. The van der Waals surface area contributed by atoms with E-state index in [2.05, 4.69) is 113 Å². The Morgan fingerprint density at radius 3 is 1.14 bits per heavy atom. The Bertz CT molecular complexity index is 1120. The van der Waals surface area contributed by atoms with Crippen molar-refractivity contribution in [3.63, 3.8) is 0 Å². The number of rotatable bonds is 16. The van der Waals surface area contributed by atoms with Gasteiger partial charge >= 0.3 is 21.7 Å². The van der Waals surface area contributed by atoms with E-state index >= 15 is 0 Å². The van der Waals surface area contributed by atoms with Gasteiger partial charge < -0.3 is 37.2 Å². The Labute approximate surface area is 304 Å². The third-order valence-corrected chi connectivity index (χ3v) is 13.8. The molecule has 3 aromatic rings. The maximum absolute atomic E-state index is 3.76. The van der Waals surface area contributed by atoms with Crippen LogP contribution in [0.25, 0.3) is 0 Å². The first-order chi connectivity index (χ1) is 19.7. The van der Waals surface area contributed by atoms with Gasteiger partial charge in [-0.05, 0) is 55.2 Å². The Morgan fingerprint density at radius 1 is 0.500 bits per heavy atom. The molecular formula is C39H51Cl3SiTi. The van der Waals surface area contributed by atoms with Crippen LogP contribution in [0.4, 0.5) is 0 Å². The zero-order valence-electron chi connectivity index (χ0n) is 27.3. The van der Waals surface area contributed by atoms with Crippen molar-refractivity contribution >= 4 is 23.6 Å². The van der Waals surface area contributed by atoms with Crippen LogP contribution >= 0.6 is 0 Å². The van der Waals surface area contributed by atoms with Crippen LogP contribution in [0.15, 0.2) is 89.6 Å². The van der Waals surface area contributed by atoms with E-state index in [4.69, 9.17) is 0 Å². The number of hydrogen-bond acceptors (Lipinski definition) is 0. The monoisotopic (exact) mass is 700 g/mol. The summed E-state index contributed by atoms with van der Waals surface area (Å²) >= 11 is 0. The Kier molecular flexibility index (Phi) is 21.9. The largest absolute Gasteiger partial charge is 4.00 e. The van der Waals surface area contributed by atoms with E-state index in [0.717, 1.165) is 12.8 Å². The van der Waals surface area contributed by atoms with Crippen molar-refractivity contribution in [1.29, 1.82) is 0 Å². The van der Waals surface area contributed by atoms with Gasteiger partial charge in [-0.3, -0.25) is 6.08 Å². The van der Waals surface area contributed by atoms with E-state index in [1.807, 2.05) is 0 Å². The molecule has 5 heteroatoms. The van der Waals surface area contributed by atoms with Crippen LogP contribution in [-0.4, -0.2) is 8.07 Å². The van der Waals surface area contributed by atoms with Crippen LogP contribution in [0, 0.1) is 6.08 Å². The number of aryl methyl sites for hydroxylation is 3. The van der Waals surface area contributed by atoms with E-state index in [-0.39, 0.29) is 58.9 Å². The smallest absolute Gasteiger partial charge is 1.00 e. The van der Waals surface area contributed by atoms with Gasteiger partial charge in [0.2, 0.25) is 0 Å². The summed E-state index contributed by atoms with van der Waals surface area (Å²) in [6.45, 7) is 9.17. The molecule has 0 amide bonds. The van der Waals surface area contributed by atoms with Gasteiger partial charge in [0.25, 0.3) is 0 Å². The first-order valence-electron chi connectivity index (χ1n) is 16.3. The molecule has 0 saturated carbocycles. The number of hydrogen-bond donors (Lipinski definition) is 0. The molecule has 0 radical (unpaired) electrons. The summed E-state index contributed by atoms with van der Waals surface area (Å²) in [5, 5.41) is 6.23. The number of allylic oxidation sites excluding steroid dienone is 4. The predicted octanol–water partition coefficient (Wildman–Crippen LogP) is -0.0168. The molecule has 0 N–H and O–H groups in total. The van der Waals surface area contributed by atoms with Crippen molar-refractivity contribution in [3.8, 4) is 0 Å². The Morgan fingerprint density at radius 2 is 0.818 bits per heavy atom. The van der Waals surface area contributed by atoms with Crippen molar-refractivity contribution in [2.24, 2.45) is 0 Å². The summed E-state index contributed by atoms with van der Waals surface area (Å²) in [6, 6.07) is 29.5. The second-order valence-corrected chi connectivity index (χ2v) is 15.6. The van der Waals surface area contributed by atoms with E-state index in [1.54, 1.807) is 5.20 Å². The van der Waals surface area contributed by atoms with Crippen molar-refractivity contribution in [3.05, 3.63) is 112 Å². The van der Waals surface area contributed by atoms with Crippen LogP contribution in [0.5, 0.6) is 0 Å². The molecule has 0 bridgehead atoms. The molecule has 0 aliphatic heterocycles. The SMILES string of the molecule is CCCCC1=C([Si](c2ccc(CCCC)cc2)(c2ccc(CCCC)cc2)c2ccc(CCCC)cc2)CC=[C-]1.[Cl-].[Cl-].[Cl-].[Ti+4]. The van der Waals surface area contributed by atoms with Gasteiger partial charge in [-0.1, -0.05) is 161 Å². The minimum absolute atomic E-state index is 0. The fraction of sp³-hybridized carbons (Fsp3) is 0.436. The van der Waals surface area contributed by atoms with Crippen molar-refractivity contribution < 1.29 is 58.9 Å². The Hall–Kier alpha value is -1.06. The molecule has 44 heavy (non-hydrogen) atoms. The molecule has 0 spiro atoms. The molecule has 0 aromatic heterocycles. The molecule has 1 aliphatic rings. The van der Waals surface area contributed by atoms with Crippen molar-refractivity contribution in [2.45, 2.75) is 111 Å². The van der Waals surface area contributed by atoms with Gasteiger partial charge in [-0.15, -0.1) is 0 Å². The average molecular weight is 702 g/mol. The quantitative estimate of drug-likeness (QED) is 0.112.